The molecule has 6 N–H and O–H groups in total. The number of hydrogen-bond donors (Lipinski definition) is 4. The van der Waals surface area contributed by atoms with Gasteiger partial charge in [0, 0.05) is 32.3 Å². The molecule has 1 fully saturated rings. The Morgan fingerprint density at radius 3 is 2.15 bits per heavy atom. The Kier molecular flexibility index (Phi) is 6.84. The summed E-state index contributed by atoms with van der Waals surface area (Å²) in [6, 6.07) is 1.35. The van der Waals surface area contributed by atoms with Gasteiger partial charge in [-0.2, -0.15) is 0 Å². The second-order valence-corrected chi connectivity index (χ2v) is 20.9. The standard InChI is InChI=1S/C13H34N4OSi2/c1-13(2)5-10-19(3,11-16-8-6-14)20(4,18-13)12-17-9-7-15/h16-17H,5-12,14-15H2,1-4H3. The minimum atomic E-state index is -1.74. The van der Waals surface area contributed by atoms with Gasteiger partial charge in [-0.25, -0.2) is 0 Å². The lowest BCUT2D eigenvalue weighted by atomic mass is 10.1. The Bertz CT molecular complexity index is 306. The highest BCUT2D eigenvalue weighted by Crippen LogP contribution is 2.38. The van der Waals surface area contributed by atoms with Crippen LogP contribution in [0.2, 0.25) is 19.1 Å². The first-order valence-electron chi connectivity index (χ1n) is 7.80. The minimum absolute atomic E-state index is 0.0335. The summed E-state index contributed by atoms with van der Waals surface area (Å²) in [5, 5.41) is 7.08. The van der Waals surface area contributed by atoms with E-state index in [1.165, 1.54) is 12.5 Å². The maximum atomic E-state index is 6.68. The van der Waals surface area contributed by atoms with Crippen LogP contribution in [0.15, 0.2) is 0 Å². The van der Waals surface area contributed by atoms with Crippen molar-refractivity contribution in [3.8, 4) is 0 Å². The van der Waals surface area contributed by atoms with Gasteiger partial charge < -0.3 is 26.5 Å². The highest BCUT2D eigenvalue weighted by Gasteiger charge is 2.55. The molecule has 20 heavy (non-hydrogen) atoms. The molecule has 5 nitrogen and oxygen atoms in total. The maximum Gasteiger partial charge on any atom is 0.192 e. The number of rotatable bonds is 8. The van der Waals surface area contributed by atoms with Gasteiger partial charge in [-0.3, -0.25) is 0 Å². The zero-order valence-corrected chi connectivity index (χ0v) is 15.7. The quantitative estimate of drug-likeness (QED) is 0.377. The zero-order valence-electron chi connectivity index (χ0n) is 13.7. The lowest BCUT2D eigenvalue weighted by molar-refractivity contribution is 0.0905. The average molecular weight is 319 g/mol. The van der Waals surface area contributed by atoms with Crippen LogP contribution in [-0.2, 0) is 4.43 Å². The third kappa shape index (κ3) is 4.62. The summed E-state index contributed by atoms with van der Waals surface area (Å²) in [6.45, 7) is 12.6. The van der Waals surface area contributed by atoms with Crippen LogP contribution in [0.3, 0.4) is 0 Å². The fraction of sp³-hybridized carbons (Fsp3) is 1.00. The molecule has 0 saturated carbocycles. The normalized spacial score (nSPS) is 33.3. The van der Waals surface area contributed by atoms with Crippen molar-refractivity contribution >= 4 is 15.4 Å². The van der Waals surface area contributed by atoms with Crippen molar-refractivity contribution in [2.24, 2.45) is 11.5 Å². The van der Waals surface area contributed by atoms with Crippen molar-refractivity contribution in [3.63, 3.8) is 0 Å². The molecule has 1 heterocycles. The molecule has 0 radical (unpaired) electrons. The summed E-state index contributed by atoms with van der Waals surface area (Å²) in [5.41, 5.74) is 11.2. The summed E-state index contributed by atoms with van der Waals surface area (Å²) in [6.07, 6.45) is 3.34. The van der Waals surface area contributed by atoms with Crippen LogP contribution in [0.25, 0.3) is 0 Å². The van der Waals surface area contributed by atoms with Gasteiger partial charge in [0.05, 0.1) is 13.2 Å². The van der Waals surface area contributed by atoms with Crippen molar-refractivity contribution in [2.45, 2.75) is 45.0 Å². The number of nitrogens with two attached hydrogens (primary N) is 2. The van der Waals surface area contributed by atoms with E-state index in [1.807, 2.05) is 0 Å². The number of nitrogens with one attached hydrogen (secondary N) is 2. The summed E-state index contributed by atoms with van der Waals surface area (Å²) in [5.74, 6) is 0. The molecular formula is C13H34N4OSi2. The number of hydrogen-bond acceptors (Lipinski definition) is 5. The smallest absolute Gasteiger partial charge is 0.192 e. The van der Waals surface area contributed by atoms with E-state index in [9.17, 15) is 0 Å². The Morgan fingerprint density at radius 1 is 1.05 bits per heavy atom. The molecule has 0 bridgehead atoms. The van der Waals surface area contributed by atoms with Gasteiger partial charge in [0.25, 0.3) is 0 Å². The van der Waals surface area contributed by atoms with Crippen molar-refractivity contribution in [1.82, 2.24) is 10.6 Å². The highest BCUT2D eigenvalue weighted by molar-refractivity contribution is 7.39. The molecule has 120 valence electrons. The van der Waals surface area contributed by atoms with Crippen molar-refractivity contribution in [1.29, 1.82) is 0 Å². The lowest BCUT2D eigenvalue weighted by Gasteiger charge is -2.52. The topological polar surface area (TPSA) is 85.3 Å². The molecular weight excluding hydrogens is 284 g/mol. The molecule has 0 aromatic rings. The average Bonchev–Trinajstić information content (AvgIpc) is 2.35. The van der Waals surface area contributed by atoms with Crippen molar-refractivity contribution in [2.75, 3.05) is 38.5 Å². The van der Waals surface area contributed by atoms with Gasteiger partial charge in [-0.1, -0.05) is 12.6 Å². The van der Waals surface area contributed by atoms with Crippen LogP contribution < -0.4 is 22.1 Å². The predicted octanol–water partition coefficient (Wildman–Crippen LogP) is 0.0926. The van der Waals surface area contributed by atoms with E-state index in [2.05, 4.69) is 37.6 Å². The van der Waals surface area contributed by atoms with Gasteiger partial charge in [-0.15, -0.1) is 0 Å². The highest BCUT2D eigenvalue weighted by atomic mass is 29.3. The first-order valence-corrected chi connectivity index (χ1v) is 14.3. The molecule has 7 heteroatoms. The van der Waals surface area contributed by atoms with E-state index in [4.69, 9.17) is 15.9 Å². The van der Waals surface area contributed by atoms with Gasteiger partial charge in [0.1, 0.15) is 0 Å². The molecule has 0 aromatic heterocycles. The Hall–Kier alpha value is 0.234. The van der Waals surface area contributed by atoms with Crippen LogP contribution >= 0.6 is 0 Å². The van der Waals surface area contributed by atoms with Gasteiger partial charge >= 0.3 is 0 Å². The molecule has 1 aliphatic rings. The molecule has 2 atom stereocenters. The van der Waals surface area contributed by atoms with Crippen LogP contribution in [0, 0.1) is 0 Å². The lowest BCUT2D eigenvalue weighted by Crippen LogP contribution is -2.74. The molecule has 2 unspecified atom stereocenters. The van der Waals surface area contributed by atoms with Crippen LogP contribution in [0.5, 0.6) is 0 Å². The summed E-state index contributed by atoms with van der Waals surface area (Å²) in [7, 11) is -3.16. The SMILES string of the molecule is CC1(C)CC[Si](C)(CNCCN)[Si](C)(CNCCN)O1. The van der Waals surface area contributed by atoms with E-state index in [-0.39, 0.29) is 5.60 Å². The van der Waals surface area contributed by atoms with E-state index in [1.54, 1.807) is 0 Å². The third-order valence-electron chi connectivity index (χ3n) is 4.68. The molecule has 0 aliphatic carbocycles. The van der Waals surface area contributed by atoms with Gasteiger partial charge in [0.2, 0.25) is 0 Å². The van der Waals surface area contributed by atoms with E-state index >= 15 is 0 Å². The van der Waals surface area contributed by atoms with E-state index in [0.29, 0.717) is 13.1 Å². The fourth-order valence-electron chi connectivity index (χ4n) is 3.05. The summed E-state index contributed by atoms with van der Waals surface area (Å²) < 4.78 is 6.68. The van der Waals surface area contributed by atoms with Crippen LogP contribution in [0.1, 0.15) is 20.3 Å². The Balaban J connectivity index is 2.77. The molecule has 1 saturated heterocycles. The molecule has 0 amide bonds. The zero-order chi connectivity index (χ0) is 15.3. The second-order valence-electron chi connectivity index (χ2n) is 7.08. The summed E-state index contributed by atoms with van der Waals surface area (Å²) in [4.78, 5) is 0. The molecule has 1 rings (SSSR count). The molecule has 1 aliphatic heterocycles. The first-order chi connectivity index (χ1) is 9.29. The Morgan fingerprint density at radius 2 is 1.60 bits per heavy atom. The van der Waals surface area contributed by atoms with Gasteiger partial charge in [-0.05, 0) is 33.0 Å². The van der Waals surface area contributed by atoms with E-state index in [0.717, 1.165) is 25.4 Å². The second kappa shape index (κ2) is 7.48. The minimum Gasteiger partial charge on any atom is -0.414 e. The van der Waals surface area contributed by atoms with Crippen molar-refractivity contribution < 1.29 is 4.43 Å². The molecule has 0 spiro atoms. The summed E-state index contributed by atoms with van der Waals surface area (Å²) >= 11 is 0. The van der Waals surface area contributed by atoms with Crippen molar-refractivity contribution in [3.05, 3.63) is 0 Å². The first kappa shape index (κ1) is 18.3. The largest absolute Gasteiger partial charge is 0.414 e. The third-order valence-corrected chi connectivity index (χ3v) is 21.3. The van der Waals surface area contributed by atoms with Gasteiger partial charge in [0.15, 0.2) is 7.83 Å². The molecule has 0 aromatic carbocycles. The fourth-order valence-corrected chi connectivity index (χ4v) is 15.4. The monoisotopic (exact) mass is 318 g/mol. The predicted molar refractivity (Wildman–Crippen MR) is 91.7 cm³/mol. The maximum absolute atomic E-state index is 6.68. The van der Waals surface area contributed by atoms with E-state index < -0.39 is 15.4 Å². The van der Waals surface area contributed by atoms with Crippen LogP contribution in [-0.4, -0.2) is 59.5 Å². The van der Waals surface area contributed by atoms with Crippen LogP contribution in [0.4, 0.5) is 0 Å². The Labute approximate surface area is 126 Å².